The smallest absolute Gasteiger partial charge is 0.329 e. The lowest BCUT2D eigenvalue weighted by molar-refractivity contribution is -0.156. The van der Waals surface area contributed by atoms with Crippen molar-refractivity contribution in [3.05, 3.63) is 66.2 Å². The molecule has 2 aromatic rings. The van der Waals surface area contributed by atoms with Gasteiger partial charge in [0.25, 0.3) is 5.91 Å². The van der Waals surface area contributed by atoms with Crippen molar-refractivity contribution in [1.82, 2.24) is 4.90 Å². The Morgan fingerprint density at radius 2 is 1.70 bits per heavy atom. The molecule has 1 aliphatic rings. The number of alkyl halides is 3. The summed E-state index contributed by atoms with van der Waals surface area (Å²) < 4.78 is 38.3. The number of hydrogen-bond donors (Lipinski definition) is 0. The van der Waals surface area contributed by atoms with Crippen molar-refractivity contribution in [1.29, 1.82) is 0 Å². The second-order valence-electron chi connectivity index (χ2n) is 6.29. The Kier molecular flexibility index (Phi) is 5.48. The van der Waals surface area contributed by atoms with Crippen molar-refractivity contribution >= 4 is 17.3 Å². The molecular weight excluding hydrogens is 355 g/mol. The molecule has 0 spiro atoms. The zero-order chi connectivity index (χ0) is 19.4. The van der Waals surface area contributed by atoms with Gasteiger partial charge in [0.1, 0.15) is 12.3 Å². The Morgan fingerprint density at radius 3 is 2.26 bits per heavy atom. The first-order chi connectivity index (χ1) is 12.9. The molecule has 7 heteroatoms. The quantitative estimate of drug-likeness (QED) is 0.776. The van der Waals surface area contributed by atoms with Crippen LogP contribution in [0.25, 0.3) is 0 Å². The summed E-state index contributed by atoms with van der Waals surface area (Å²) in [5, 5.41) is 6.12. The molecule has 4 nitrogen and oxygen atoms in total. The molecule has 0 saturated heterocycles. The highest BCUT2D eigenvalue weighted by atomic mass is 19.4. The fourth-order valence-electron chi connectivity index (χ4n) is 3.12. The van der Waals surface area contributed by atoms with Crippen LogP contribution in [0.1, 0.15) is 24.9 Å². The number of halogens is 3. The van der Waals surface area contributed by atoms with Crippen molar-refractivity contribution in [3.63, 3.8) is 0 Å². The predicted octanol–water partition coefficient (Wildman–Crippen LogP) is 4.40. The lowest BCUT2D eigenvalue weighted by Crippen LogP contribution is -2.42. The van der Waals surface area contributed by atoms with Gasteiger partial charge in [-0.2, -0.15) is 18.3 Å². The van der Waals surface area contributed by atoms with E-state index in [1.807, 2.05) is 60.7 Å². The molecule has 3 rings (SSSR count). The third kappa shape index (κ3) is 4.48. The largest absolute Gasteiger partial charge is 0.406 e. The summed E-state index contributed by atoms with van der Waals surface area (Å²) in [6.07, 6.45) is -4.19. The molecule has 27 heavy (non-hydrogen) atoms. The summed E-state index contributed by atoms with van der Waals surface area (Å²) in [7, 11) is 0. The number of hydrogen-bond acceptors (Lipinski definition) is 3. The number of hydrazone groups is 1. The Balaban J connectivity index is 1.91. The van der Waals surface area contributed by atoms with Crippen molar-refractivity contribution in [2.75, 3.05) is 18.1 Å². The van der Waals surface area contributed by atoms with E-state index < -0.39 is 18.6 Å². The number of nitrogens with zero attached hydrogens (tertiary/aromatic N) is 3. The average molecular weight is 375 g/mol. The Hall–Kier alpha value is -2.83. The van der Waals surface area contributed by atoms with E-state index in [4.69, 9.17) is 0 Å². The highest BCUT2D eigenvalue weighted by molar-refractivity contribution is 6.39. The maximum Gasteiger partial charge on any atom is 0.406 e. The molecule has 0 saturated carbocycles. The highest BCUT2D eigenvalue weighted by Gasteiger charge is 2.37. The molecule has 0 aliphatic carbocycles. The van der Waals surface area contributed by atoms with Gasteiger partial charge < -0.3 is 4.90 Å². The number of carbonyl (C=O) groups excluding carboxylic acids is 1. The molecule has 0 radical (unpaired) electrons. The molecule has 0 fully saturated rings. The minimum Gasteiger partial charge on any atom is -0.329 e. The summed E-state index contributed by atoms with van der Waals surface area (Å²) in [5.41, 5.74) is 1.87. The predicted molar refractivity (Wildman–Crippen MR) is 98.5 cm³/mol. The van der Waals surface area contributed by atoms with E-state index in [-0.39, 0.29) is 24.7 Å². The van der Waals surface area contributed by atoms with Crippen LogP contribution in [-0.4, -0.2) is 35.8 Å². The monoisotopic (exact) mass is 375 g/mol. The second kappa shape index (κ2) is 7.82. The summed E-state index contributed by atoms with van der Waals surface area (Å²) >= 11 is 0. The summed E-state index contributed by atoms with van der Waals surface area (Å²) in [6, 6.07) is 18.6. The average Bonchev–Trinajstić information content (AvgIpc) is 3.11. The van der Waals surface area contributed by atoms with E-state index in [1.165, 1.54) is 6.92 Å². The van der Waals surface area contributed by atoms with Crippen LogP contribution in [0.15, 0.2) is 65.8 Å². The van der Waals surface area contributed by atoms with Crippen molar-refractivity contribution in [3.8, 4) is 0 Å². The minimum atomic E-state index is -4.44. The number of anilines is 1. The van der Waals surface area contributed by atoms with Gasteiger partial charge in [0.05, 0.1) is 11.7 Å². The fourth-order valence-corrected chi connectivity index (χ4v) is 3.12. The van der Waals surface area contributed by atoms with E-state index in [0.29, 0.717) is 0 Å². The van der Waals surface area contributed by atoms with Gasteiger partial charge in [0.2, 0.25) is 0 Å². The number of para-hydroxylation sites is 1. The molecule has 0 aromatic heterocycles. The molecule has 1 amide bonds. The maximum absolute atomic E-state index is 12.8. The van der Waals surface area contributed by atoms with Crippen LogP contribution in [0.2, 0.25) is 0 Å². The normalized spacial score (nSPS) is 17.0. The number of amides is 1. The zero-order valence-corrected chi connectivity index (χ0v) is 14.9. The van der Waals surface area contributed by atoms with E-state index in [9.17, 15) is 18.0 Å². The first kappa shape index (κ1) is 18.9. The topological polar surface area (TPSA) is 35.9 Å². The zero-order valence-electron chi connectivity index (χ0n) is 14.9. The summed E-state index contributed by atoms with van der Waals surface area (Å²) in [5.74, 6) is -0.672. The SMILES string of the molecule is CCN(CC(F)(F)F)C(=O)C1=NN(c2ccccc2)C(c2ccccc2)C1. The third-order valence-corrected chi connectivity index (χ3v) is 4.40. The van der Waals surface area contributed by atoms with Crippen LogP contribution >= 0.6 is 0 Å². The van der Waals surface area contributed by atoms with E-state index in [1.54, 1.807) is 5.01 Å². The molecule has 142 valence electrons. The lowest BCUT2D eigenvalue weighted by Gasteiger charge is -2.23. The van der Waals surface area contributed by atoms with E-state index >= 15 is 0 Å². The number of rotatable bonds is 5. The van der Waals surface area contributed by atoms with Gasteiger partial charge in [-0.25, -0.2) is 0 Å². The molecule has 1 atom stereocenters. The minimum absolute atomic E-state index is 0.0291. The van der Waals surface area contributed by atoms with Gasteiger partial charge >= 0.3 is 6.18 Å². The molecule has 1 aliphatic heterocycles. The van der Waals surface area contributed by atoms with Crippen LogP contribution in [-0.2, 0) is 4.79 Å². The van der Waals surface area contributed by atoms with Crippen LogP contribution in [0.3, 0.4) is 0 Å². The first-order valence-corrected chi connectivity index (χ1v) is 8.72. The molecule has 2 aromatic carbocycles. The standard InChI is InChI=1S/C20H20F3N3O/c1-2-25(14-20(21,22)23)19(27)17-13-18(15-9-5-3-6-10-15)26(24-17)16-11-7-4-8-12-16/h3-12,18H,2,13-14H2,1H3. The van der Waals surface area contributed by atoms with Gasteiger partial charge in [-0.05, 0) is 24.6 Å². The Labute approximate surface area is 155 Å². The van der Waals surface area contributed by atoms with Gasteiger partial charge in [-0.1, -0.05) is 48.5 Å². The lowest BCUT2D eigenvalue weighted by atomic mass is 10.0. The van der Waals surface area contributed by atoms with E-state index in [0.717, 1.165) is 16.2 Å². The maximum atomic E-state index is 12.8. The van der Waals surface area contributed by atoms with Crippen LogP contribution in [0.5, 0.6) is 0 Å². The van der Waals surface area contributed by atoms with Gasteiger partial charge in [-0.3, -0.25) is 9.80 Å². The van der Waals surface area contributed by atoms with Gasteiger partial charge in [0.15, 0.2) is 0 Å². The van der Waals surface area contributed by atoms with Crippen LogP contribution < -0.4 is 5.01 Å². The van der Waals surface area contributed by atoms with Crippen molar-refractivity contribution < 1.29 is 18.0 Å². The molecule has 0 bridgehead atoms. The van der Waals surface area contributed by atoms with Crippen molar-refractivity contribution in [2.45, 2.75) is 25.6 Å². The first-order valence-electron chi connectivity index (χ1n) is 8.72. The fraction of sp³-hybridized carbons (Fsp3) is 0.300. The van der Waals surface area contributed by atoms with Crippen LogP contribution in [0, 0.1) is 0 Å². The number of benzene rings is 2. The number of carbonyl (C=O) groups is 1. The van der Waals surface area contributed by atoms with E-state index in [2.05, 4.69) is 5.10 Å². The second-order valence-corrected chi connectivity index (χ2v) is 6.29. The molecule has 1 heterocycles. The van der Waals surface area contributed by atoms with Crippen LogP contribution in [0.4, 0.5) is 18.9 Å². The summed E-state index contributed by atoms with van der Waals surface area (Å²) in [6.45, 7) is 0.226. The molecule has 0 N–H and O–H groups in total. The summed E-state index contributed by atoms with van der Waals surface area (Å²) in [4.78, 5) is 13.5. The van der Waals surface area contributed by atoms with Gasteiger partial charge in [-0.15, -0.1) is 0 Å². The Bertz CT molecular complexity index is 806. The third-order valence-electron chi connectivity index (χ3n) is 4.40. The van der Waals surface area contributed by atoms with Crippen molar-refractivity contribution in [2.24, 2.45) is 5.10 Å². The highest BCUT2D eigenvalue weighted by Crippen LogP contribution is 2.35. The molecular formula is C20H20F3N3O. The molecule has 1 unspecified atom stereocenters. The van der Waals surface area contributed by atoms with Gasteiger partial charge in [0, 0.05) is 13.0 Å². The Morgan fingerprint density at radius 1 is 1.11 bits per heavy atom.